The number of aromatic nitrogens is 1. The summed E-state index contributed by atoms with van der Waals surface area (Å²) in [5.41, 5.74) is 1.76. The Balaban J connectivity index is 1.42. The Labute approximate surface area is 210 Å². The van der Waals surface area contributed by atoms with Crippen LogP contribution in [0.5, 0.6) is 0 Å². The lowest BCUT2D eigenvalue weighted by atomic mass is 9.80. The third kappa shape index (κ3) is 4.67. The van der Waals surface area contributed by atoms with Crippen molar-refractivity contribution in [3.8, 4) is 0 Å². The lowest BCUT2D eigenvalue weighted by Gasteiger charge is -2.37. The second-order valence-corrected chi connectivity index (χ2v) is 9.63. The van der Waals surface area contributed by atoms with Crippen molar-refractivity contribution in [3.05, 3.63) is 101 Å². The summed E-state index contributed by atoms with van der Waals surface area (Å²) < 4.78 is 28.7. The number of halogens is 2. The van der Waals surface area contributed by atoms with E-state index in [1.807, 2.05) is 48.7 Å². The van der Waals surface area contributed by atoms with Crippen molar-refractivity contribution in [2.45, 2.75) is 50.6 Å². The molecular weight excluding hydrogens is 458 g/mol. The fraction of sp³-hybridized carbons (Fsp3) is 0.345. The minimum Gasteiger partial charge on any atom is -0.295 e. The molecule has 3 aromatic rings. The zero-order valence-electron chi connectivity index (χ0n) is 20.4. The Morgan fingerprint density at radius 3 is 2.64 bits per heavy atom. The number of benzene rings is 2. The van der Waals surface area contributed by atoms with Crippen LogP contribution in [0, 0.1) is 11.6 Å². The van der Waals surface area contributed by atoms with Crippen molar-refractivity contribution >= 4 is 11.6 Å². The fourth-order valence-corrected chi connectivity index (χ4v) is 5.73. The number of nitrogens with zero attached hydrogens (tertiary/aromatic N) is 4. The van der Waals surface area contributed by atoms with Crippen LogP contribution in [-0.4, -0.2) is 39.6 Å². The number of carbonyl (C=O) groups is 1. The molecule has 2 atom stereocenters. The van der Waals surface area contributed by atoms with Crippen LogP contribution in [0.4, 0.5) is 8.78 Å². The Morgan fingerprint density at radius 2 is 1.89 bits per heavy atom. The van der Waals surface area contributed by atoms with Gasteiger partial charge < -0.3 is 0 Å². The Morgan fingerprint density at radius 1 is 1.08 bits per heavy atom. The summed E-state index contributed by atoms with van der Waals surface area (Å²) in [4.78, 5) is 19.9. The molecule has 2 aliphatic rings. The molecule has 36 heavy (non-hydrogen) atoms. The molecule has 186 valence electrons. The van der Waals surface area contributed by atoms with Crippen LogP contribution < -0.4 is 0 Å². The maximum absolute atomic E-state index is 14.7. The van der Waals surface area contributed by atoms with Gasteiger partial charge in [0.15, 0.2) is 0 Å². The number of amides is 1. The molecule has 1 aromatic heterocycles. The molecule has 3 heterocycles. The molecule has 2 aliphatic heterocycles. The van der Waals surface area contributed by atoms with Gasteiger partial charge in [0.25, 0.3) is 0 Å². The summed E-state index contributed by atoms with van der Waals surface area (Å²) in [6.07, 6.45) is 5.82. The number of hydrogen-bond donors (Lipinski definition) is 0. The minimum atomic E-state index is -0.762. The lowest BCUT2D eigenvalue weighted by molar-refractivity contribution is -0.135. The highest BCUT2D eigenvalue weighted by molar-refractivity contribution is 6.03. The van der Waals surface area contributed by atoms with Gasteiger partial charge in [0.05, 0.1) is 23.0 Å². The molecular formula is C29H30F2N4O. The molecule has 5 rings (SSSR count). The van der Waals surface area contributed by atoms with Gasteiger partial charge in [0.1, 0.15) is 11.6 Å². The number of hydrogen-bond acceptors (Lipinski definition) is 4. The van der Waals surface area contributed by atoms with Crippen molar-refractivity contribution in [3.63, 3.8) is 0 Å². The molecule has 7 heteroatoms. The molecule has 0 bridgehead atoms. The lowest BCUT2D eigenvalue weighted by Crippen LogP contribution is -2.43. The largest absolute Gasteiger partial charge is 0.295 e. The van der Waals surface area contributed by atoms with E-state index >= 15 is 0 Å². The summed E-state index contributed by atoms with van der Waals surface area (Å²) in [5.74, 6) is -1.30. The van der Waals surface area contributed by atoms with Crippen LogP contribution in [0.2, 0.25) is 0 Å². The van der Waals surface area contributed by atoms with Gasteiger partial charge in [-0.25, -0.2) is 13.8 Å². The first kappa shape index (κ1) is 24.3. The van der Waals surface area contributed by atoms with E-state index in [1.165, 1.54) is 11.9 Å². The fourth-order valence-electron chi connectivity index (χ4n) is 5.73. The van der Waals surface area contributed by atoms with Crippen LogP contribution in [0.25, 0.3) is 0 Å². The van der Waals surface area contributed by atoms with E-state index in [9.17, 15) is 13.6 Å². The normalized spacial score (nSPS) is 22.1. The zero-order chi connectivity index (χ0) is 25.1. The van der Waals surface area contributed by atoms with Crippen molar-refractivity contribution in [2.75, 3.05) is 13.1 Å². The highest BCUT2D eigenvalue weighted by atomic mass is 19.1. The summed E-state index contributed by atoms with van der Waals surface area (Å²) >= 11 is 0. The van der Waals surface area contributed by atoms with Gasteiger partial charge in [0, 0.05) is 25.1 Å². The van der Waals surface area contributed by atoms with E-state index in [4.69, 9.17) is 0 Å². The Bertz CT molecular complexity index is 1250. The van der Waals surface area contributed by atoms with E-state index in [0.29, 0.717) is 24.6 Å². The van der Waals surface area contributed by atoms with Crippen LogP contribution in [0.15, 0.2) is 78.0 Å². The average Bonchev–Trinajstić information content (AvgIpc) is 3.52. The first-order valence-corrected chi connectivity index (χ1v) is 12.5. The number of hydrazone groups is 1. The molecule has 1 saturated heterocycles. The van der Waals surface area contributed by atoms with Gasteiger partial charge in [-0.2, -0.15) is 5.10 Å². The van der Waals surface area contributed by atoms with Crippen LogP contribution >= 0.6 is 0 Å². The van der Waals surface area contributed by atoms with Crippen molar-refractivity contribution < 1.29 is 13.6 Å². The summed E-state index contributed by atoms with van der Waals surface area (Å²) in [6, 6.07) is 19.5. The van der Waals surface area contributed by atoms with Crippen LogP contribution in [0.3, 0.4) is 0 Å². The van der Waals surface area contributed by atoms with Crippen molar-refractivity contribution in [1.82, 2.24) is 14.9 Å². The average molecular weight is 489 g/mol. The van der Waals surface area contributed by atoms with E-state index in [-0.39, 0.29) is 11.5 Å². The van der Waals surface area contributed by atoms with Gasteiger partial charge in [-0.15, -0.1) is 0 Å². The SMILES string of the molecule is CC(=O)N1N=C(c2cc(F)ccc2F)C[C@@]1(CCCN1CCCC1c1ccccn1)c1ccccc1. The standard InChI is InChI=1S/C29H30F2N4O/c1-21(36)35-29(22-9-3-2-4-10-22,20-27(33-35)24-19-23(30)13-14-25(24)31)15-8-18-34-17-7-12-28(34)26-11-5-6-16-32-26/h2-6,9-11,13-14,16,19,28H,7-8,12,15,17-18,20H2,1H3/t28?,29-/m0/s1. The van der Waals surface area contributed by atoms with Gasteiger partial charge in [-0.3, -0.25) is 14.7 Å². The molecule has 1 unspecified atom stereocenters. The number of likely N-dealkylation sites (tertiary alicyclic amines) is 1. The summed E-state index contributed by atoms with van der Waals surface area (Å²) in [6.45, 7) is 3.33. The van der Waals surface area contributed by atoms with E-state index in [2.05, 4.69) is 21.1 Å². The molecule has 0 N–H and O–H groups in total. The topological polar surface area (TPSA) is 48.8 Å². The second kappa shape index (κ2) is 10.3. The van der Waals surface area contributed by atoms with Gasteiger partial charge in [-0.05, 0) is 74.7 Å². The zero-order valence-corrected chi connectivity index (χ0v) is 20.4. The molecule has 0 aliphatic carbocycles. The molecule has 1 amide bonds. The molecule has 0 spiro atoms. The Kier molecular flexibility index (Phi) is 6.92. The monoisotopic (exact) mass is 488 g/mol. The van der Waals surface area contributed by atoms with Gasteiger partial charge in [-0.1, -0.05) is 36.4 Å². The first-order chi connectivity index (χ1) is 17.5. The maximum Gasteiger partial charge on any atom is 0.240 e. The summed E-state index contributed by atoms with van der Waals surface area (Å²) in [5, 5.41) is 6.06. The molecule has 2 aromatic carbocycles. The highest BCUT2D eigenvalue weighted by Crippen LogP contribution is 2.43. The number of pyridine rings is 1. The van der Waals surface area contributed by atoms with E-state index < -0.39 is 17.2 Å². The molecule has 1 fully saturated rings. The quantitative estimate of drug-likeness (QED) is 0.421. The second-order valence-electron chi connectivity index (χ2n) is 9.63. The van der Waals surface area contributed by atoms with Gasteiger partial charge >= 0.3 is 0 Å². The Hall–Kier alpha value is -3.45. The van der Waals surface area contributed by atoms with Crippen LogP contribution in [0.1, 0.15) is 61.9 Å². The number of carbonyl (C=O) groups excluding carboxylic acids is 1. The molecule has 0 saturated carbocycles. The maximum atomic E-state index is 14.7. The van der Waals surface area contributed by atoms with E-state index in [1.54, 1.807) is 0 Å². The van der Waals surface area contributed by atoms with Crippen LogP contribution in [-0.2, 0) is 10.3 Å². The van der Waals surface area contributed by atoms with E-state index in [0.717, 1.165) is 61.8 Å². The highest BCUT2D eigenvalue weighted by Gasteiger charge is 2.46. The number of rotatable bonds is 7. The predicted molar refractivity (Wildman–Crippen MR) is 135 cm³/mol. The smallest absolute Gasteiger partial charge is 0.240 e. The molecule has 5 nitrogen and oxygen atoms in total. The minimum absolute atomic E-state index is 0.105. The summed E-state index contributed by atoms with van der Waals surface area (Å²) in [7, 11) is 0. The van der Waals surface area contributed by atoms with Crippen molar-refractivity contribution in [1.29, 1.82) is 0 Å². The predicted octanol–water partition coefficient (Wildman–Crippen LogP) is 5.83. The van der Waals surface area contributed by atoms with Crippen molar-refractivity contribution in [2.24, 2.45) is 5.10 Å². The molecule has 0 radical (unpaired) electrons. The van der Waals surface area contributed by atoms with Gasteiger partial charge in [0.2, 0.25) is 5.91 Å². The first-order valence-electron chi connectivity index (χ1n) is 12.5. The third-order valence-corrected chi connectivity index (χ3v) is 7.36. The third-order valence-electron chi connectivity index (χ3n) is 7.36.